The maximum absolute atomic E-state index is 9.10. The van der Waals surface area contributed by atoms with E-state index in [0.717, 1.165) is 0 Å². The monoisotopic (exact) mass is 159 g/mol. The maximum Gasteiger partial charge on any atom is 0.397 e. The third kappa shape index (κ3) is 4890. The van der Waals surface area contributed by atoms with Gasteiger partial charge in [-0.15, -0.1) is 13.2 Å². The standard InChI is InChI=1S/C2H4.H4NO3P.2H3N/c1-2;1-5(2,3)4;;/h1-2H2;(H4,1,2,3,4);2*1H3. The lowest BCUT2D eigenvalue weighted by molar-refractivity contribution is 0.374. The van der Waals surface area contributed by atoms with E-state index in [1.165, 1.54) is 0 Å². The Hall–Kier alpha value is -0.230. The fourth-order valence-electron chi connectivity index (χ4n) is 0. The van der Waals surface area contributed by atoms with E-state index < -0.39 is 7.75 Å². The second-order valence-electron chi connectivity index (χ2n) is 0.589. The Labute approximate surface area is 54.1 Å². The van der Waals surface area contributed by atoms with Crippen molar-refractivity contribution in [3.8, 4) is 0 Å². The van der Waals surface area contributed by atoms with Crippen LogP contribution in [0.25, 0.3) is 0 Å². The highest BCUT2D eigenvalue weighted by Crippen LogP contribution is 2.20. The van der Waals surface area contributed by atoms with Crippen LogP contribution in [-0.2, 0) is 4.57 Å². The van der Waals surface area contributed by atoms with Crippen molar-refractivity contribution < 1.29 is 14.4 Å². The van der Waals surface area contributed by atoms with Crippen LogP contribution < -0.4 is 17.8 Å². The van der Waals surface area contributed by atoms with Gasteiger partial charge in [0.05, 0.1) is 0 Å². The van der Waals surface area contributed by atoms with E-state index in [4.69, 9.17) is 14.4 Å². The van der Waals surface area contributed by atoms with Gasteiger partial charge in [0.15, 0.2) is 0 Å². The van der Waals surface area contributed by atoms with Crippen LogP contribution in [-0.4, -0.2) is 9.79 Å². The number of nitrogens with two attached hydrogens (primary N) is 1. The highest BCUT2D eigenvalue weighted by atomic mass is 31.2. The Morgan fingerprint density at radius 2 is 1.22 bits per heavy atom. The highest BCUT2D eigenvalue weighted by Gasteiger charge is 1.96. The second kappa shape index (κ2) is 10.7. The zero-order valence-electron chi connectivity index (χ0n) is 5.16. The lowest BCUT2D eigenvalue weighted by atomic mass is 11.3. The molecule has 6 nitrogen and oxygen atoms in total. The Morgan fingerprint density at radius 3 is 1.22 bits per heavy atom. The summed E-state index contributed by atoms with van der Waals surface area (Å²) in [5.41, 5.74) is 4.02. The quantitative estimate of drug-likeness (QED) is 0.250. The van der Waals surface area contributed by atoms with E-state index in [1.807, 2.05) is 0 Å². The lowest BCUT2D eigenvalue weighted by Gasteiger charge is -1.84. The first-order chi connectivity index (χ1) is 3.00. The molecule has 0 aromatic heterocycles. The van der Waals surface area contributed by atoms with Gasteiger partial charge in [0.2, 0.25) is 0 Å². The summed E-state index contributed by atoms with van der Waals surface area (Å²) in [6, 6.07) is 0. The van der Waals surface area contributed by atoms with Gasteiger partial charge in [-0.05, 0) is 0 Å². The van der Waals surface area contributed by atoms with Gasteiger partial charge >= 0.3 is 7.75 Å². The van der Waals surface area contributed by atoms with Crippen LogP contribution in [0.3, 0.4) is 0 Å². The van der Waals surface area contributed by atoms with Gasteiger partial charge in [0, 0.05) is 0 Å². The van der Waals surface area contributed by atoms with E-state index >= 15 is 0 Å². The fourth-order valence-corrected chi connectivity index (χ4v) is 0. The zero-order chi connectivity index (χ0) is 6.50. The van der Waals surface area contributed by atoms with Gasteiger partial charge in [-0.1, -0.05) is 0 Å². The number of hydrogen-bond acceptors (Lipinski definition) is 3. The molecule has 0 aromatic rings. The van der Waals surface area contributed by atoms with Crippen molar-refractivity contribution in [2.75, 3.05) is 0 Å². The molecule has 10 N–H and O–H groups in total. The van der Waals surface area contributed by atoms with Crippen LogP contribution in [0.4, 0.5) is 0 Å². The molecule has 0 bridgehead atoms. The van der Waals surface area contributed by atoms with Crippen LogP contribution >= 0.6 is 7.75 Å². The highest BCUT2D eigenvalue weighted by molar-refractivity contribution is 7.49. The molecule has 0 aliphatic carbocycles. The van der Waals surface area contributed by atoms with E-state index in [-0.39, 0.29) is 12.3 Å². The van der Waals surface area contributed by atoms with Crippen molar-refractivity contribution in [1.82, 2.24) is 12.3 Å². The van der Waals surface area contributed by atoms with Gasteiger partial charge in [-0.3, -0.25) is 0 Å². The molecule has 0 radical (unpaired) electrons. The smallest absolute Gasteiger partial charge is 0.344 e. The minimum Gasteiger partial charge on any atom is -0.344 e. The van der Waals surface area contributed by atoms with Crippen molar-refractivity contribution in [2.24, 2.45) is 5.50 Å². The minimum atomic E-state index is -4.14. The predicted molar refractivity (Wildman–Crippen MR) is 37.5 cm³/mol. The van der Waals surface area contributed by atoms with E-state index in [0.29, 0.717) is 0 Å². The van der Waals surface area contributed by atoms with Crippen molar-refractivity contribution in [2.45, 2.75) is 0 Å². The van der Waals surface area contributed by atoms with Gasteiger partial charge < -0.3 is 22.1 Å². The van der Waals surface area contributed by atoms with Crippen molar-refractivity contribution in [3.63, 3.8) is 0 Å². The summed E-state index contributed by atoms with van der Waals surface area (Å²) in [5.74, 6) is 0. The van der Waals surface area contributed by atoms with Gasteiger partial charge in [0.25, 0.3) is 0 Å². The van der Waals surface area contributed by atoms with Crippen LogP contribution in [0, 0.1) is 0 Å². The molecule has 0 amide bonds. The molecular formula is C2H14N3O3P. The maximum atomic E-state index is 9.10. The molecule has 0 aliphatic rings. The molecule has 0 heterocycles. The first-order valence-corrected chi connectivity index (χ1v) is 3.02. The minimum absolute atomic E-state index is 0. The molecule has 7 heteroatoms. The van der Waals surface area contributed by atoms with E-state index in [2.05, 4.69) is 18.7 Å². The Morgan fingerprint density at radius 1 is 1.22 bits per heavy atom. The number of rotatable bonds is 0. The molecule has 0 atom stereocenters. The van der Waals surface area contributed by atoms with Crippen LogP contribution in [0.1, 0.15) is 0 Å². The second-order valence-corrected chi connectivity index (χ2v) is 1.77. The average molecular weight is 159 g/mol. The summed E-state index contributed by atoms with van der Waals surface area (Å²) in [7, 11) is -4.14. The third-order valence-corrected chi connectivity index (χ3v) is 0. The molecule has 60 valence electrons. The molecule has 9 heavy (non-hydrogen) atoms. The Bertz CT molecular complexity index is 72.9. The van der Waals surface area contributed by atoms with Crippen molar-refractivity contribution in [1.29, 1.82) is 0 Å². The molecular weight excluding hydrogens is 145 g/mol. The summed E-state index contributed by atoms with van der Waals surface area (Å²) >= 11 is 0. The zero-order valence-corrected chi connectivity index (χ0v) is 6.05. The lowest BCUT2D eigenvalue weighted by Crippen LogP contribution is -1.87. The topological polar surface area (TPSA) is 154 Å². The van der Waals surface area contributed by atoms with Crippen molar-refractivity contribution in [3.05, 3.63) is 13.2 Å². The first-order valence-electron chi connectivity index (χ1n) is 1.34. The molecule has 0 aliphatic heterocycles. The molecule has 0 saturated carbocycles. The molecule has 0 saturated heterocycles. The summed E-state index contributed by atoms with van der Waals surface area (Å²) < 4.78 is 9.10. The summed E-state index contributed by atoms with van der Waals surface area (Å²) in [4.78, 5) is 14.8. The Kier molecular flexibility index (Phi) is 27.7. The molecule has 0 rings (SSSR count). The molecule has 0 fully saturated rings. The average Bonchev–Trinajstić information content (AvgIpc) is 1.36. The largest absolute Gasteiger partial charge is 0.397 e. The SMILES string of the molecule is C=C.N.N.NP(=O)(O)O. The van der Waals surface area contributed by atoms with Gasteiger partial charge in [0.1, 0.15) is 0 Å². The predicted octanol–water partition coefficient (Wildman–Crippen LogP) is 0.164. The van der Waals surface area contributed by atoms with Gasteiger partial charge in [-0.25, -0.2) is 10.1 Å². The molecule has 0 spiro atoms. The van der Waals surface area contributed by atoms with Crippen LogP contribution in [0.2, 0.25) is 0 Å². The fraction of sp³-hybridized carbons (Fsp3) is 0. The van der Waals surface area contributed by atoms with E-state index in [9.17, 15) is 0 Å². The van der Waals surface area contributed by atoms with Gasteiger partial charge in [-0.2, -0.15) is 0 Å². The summed E-state index contributed by atoms with van der Waals surface area (Å²) in [6.07, 6.45) is 0. The van der Waals surface area contributed by atoms with E-state index in [1.54, 1.807) is 0 Å². The number of hydrogen-bond donors (Lipinski definition) is 5. The third-order valence-electron chi connectivity index (χ3n) is 0. The molecule has 0 aromatic carbocycles. The Balaban J connectivity index is -0.0000000286. The summed E-state index contributed by atoms with van der Waals surface area (Å²) in [6.45, 7) is 6.00. The normalized spacial score (nSPS) is 7.00. The van der Waals surface area contributed by atoms with Crippen LogP contribution in [0.15, 0.2) is 13.2 Å². The first kappa shape index (κ1) is 23.3. The van der Waals surface area contributed by atoms with Crippen molar-refractivity contribution >= 4 is 7.75 Å². The molecule has 0 unspecified atom stereocenters. The summed E-state index contributed by atoms with van der Waals surface area (Å²) in [5, 5.41) is 0. The van der Waals surface area contributed by atoms with Crippen LogP contribution in [0.5, 0.6) is 0 Å².